The van der Waals surface area contributed by atoms with Gasteiger partial charge in [-0.3, -0.25) is 4.79 Å². The molecule has 1 saturated heterocycles. The summed E-state index contributed by atoms with van der Waals surface area (Å²) >= 11 is 0. The normalized spacial score (nSPS) is 25.2. The van der Waals surface area contributed by atoms with E-state index >= 15 is 0 Å². The van der Waals surface area contributed by atoms with Crippen LogP contribution >= 0.6 is 0 Å². The van der Waals surface area contributed by atoms with E-state index in [4.69, 9.17) is 4.52 Å². The number of hydrogen-bond acceptors (Lipinski definition) is 5. The molecule has 2 fully saturated rings. The van der Waals surface area contributed by atoms with E-state index in [2.05, 4.69) is 5.16 Å². The Morgan fingerprint density at radius 2 is 1.92 bits per heavy atom. The molecule has 8 heteroatoms. The van der Waals surface area contributed by atoms with Gasteiger partial charge in [0, 0.05) is 11.6 Å². The smallest absolute Gasteiger partial charge is 0.241 e. The third-order valence-corrected chi connectivity index (χ3v) is 7.21. The second kappa shape index (κ2) is 5.94. The van der Waals surface area contributed by atoms with Gasteiger partial charge in [0.15, 0.2) is 5.76 Å². The van der Waals surface area contributed by atoms with E-state index in [1.54, 1.807) is 18.2 Å². The molecule has 2 aliphatic rings. The number of fused-ring (bicyclic) bond motifs is 1. The Morgan fingerprint density at radius 3 is 2.64 bits per heavy atom. The van der Waals surface area contributed by atoms with Crippen molar-refractivity contribution >= 4 is 15.9 Å². The lowest BCUT2D eigenvalue weighted by molar-refractivity contribution is -0.130. The van der Waals surface area contributed by atoms with Crippen molar-refractivity contribution in [3.63, 3.8) is 0 Å². The number of benzene rings is 1. The van der Waals surface area contributed by atoms with Gasteiger partial charge in [0.05, 0.1) is 17.7 Å². The van der Waals surface area contributed by atoms with Crippen molar-refractivity contribution in [3.05, 3.63) is 41.9 Å². The zero-order valence-corrected chi connectivity index (χ0v) is 14.2. The number of amides is 1. The zero-order chi connectivity index (χ0) is 17.6. The lowest BCUT2D eigenvalue weighted by Gasteiger charge is -2.20. The van der Waals surface area contributed by atoms with Crippen LogP contribution < -0.4 is 0 Å². The van der Waals surface area contributed by atoms with Crippen LogP contribution in [0.4, 0.5) is 4.39 Å². The topological polar surface area (TPSA) is 80.5 Å². The molecule has 1 aromatic carbocycles. The second-order valence-electron chi connectivity index (χ2n) is 6.50. The minimum Gasteiger partial charge on any atom is -0.359 e. The summed E-state index contributed by atoms with van der Waals surface area (Å²) in [6, 6.07) is 7.32. The van der Waals surface area contributed by atoms with Crippen molar-refractivity contribution in [2.75, 3.05) is 0 Å². The molecule has 1 aromatic heterocycles. The summed E-state index contributed by atoms with van der Waals surface area (Å²) in [6.45, 7) is -0.150. The number of sulfonamides is 1. The first kappa shape index (κ1) is 16.3. The van der Waals surface area contributed by atoms with Gasteiger partial charge in [0.2, 0.25) is 15.9 Å². The predicted octanol–water partition coefficient (Wildman–Crippen LogP) is 2.71. The highest BCUT2D eigenvalue weighted by atomic mass is 32.2. The molecule has 1 saturated carbocycles. The van der Waals surface area contributed by atoms with Crippen LogP contribution in [0.2, 0.25) is 0 Å². The minimum atomic E-state index is -3.65. The average molecular weight is 364 g/mol. The van der Waals surface area contributed by atoms with Gasteiger partial charge in [-0.2, -0.15) is 0 Å². The maximum absolute atomic E-state index is 13.0. The number of halogens is 1. The summed E-state index contributed by atoms with van der Waals surface area (Å²) in [5, 5.41) is 3.29. The van der Waals surface area contributed by atoms with E-state index in [0.29, 0.717) is 24.1 Å². The predicted molar refractivity (Wildman–Crippen MR) is 87.1 cm³/mol. The molecule has 1 amide bonds. The molecule has 6 nitrogen and oxygen atoms in total. The van der Waals surface area contributed by atoms with Crippen LogP contribution in [0, 0.1) is 11.7 Å². The van der Waals surface area contributed by atoms with Crippen molar-refractivity contribution in [1.29, 1.82) is 0 Å². The highest BCUT2D eigenvalue weighted by Crippen LogP contribution is 2.39. The Labute approximate surface area is 144 Å². The maximum Gasteiger partial charge on any atom is 0.241 e. The van der Waals surface area contributed by atoms with E-state index in [1.165, 1.54) is 12.1 Å². The van der Waals surface area contributed by atoms with Crippen molar-refractivity contribution in [2.24, 2.45) is 5.92 Å². The van der Waals surface area contributed by atoms with E-state index in [9.17, 15) is 17.6 Å². The highest BCUT2D eigenvalue weighted by Gasteiger charge is 2.52. The van der Waals surface area contributed by atoms with Crippen LogP contribution in [0.1, 0.15) is 31.4 Å². The third kappa shape index (κ3) is 2.74. The zero-order valence-electron chi connectivity index (χ0n) is 13.4. The fraction of sp³-hybridized carbons (Fsp3) is 0.412. The van der Waals surface area contributed by atoms with Crippen LogP contribution in [0.25, 0.3) is 11.3 Å². The van der Waals surface area contributed by atoms with Crippen LogP contribution in [0.3, 0.4) is 0 Å². The van der Waals surface area contributed by atoms with E-state index in [1.807, 2.05) is 0 Å². The lowest BCUT2D eigenvalue weighted by Crippen LogP contribution is -2.31. The fourth-order valence-corrected chi connectivity index (χ4v) is 5.82. The summed E-state index contributed by atoms with van der Waals surface area (Å²) in [5.41, 5.74) is 1.12. The largest absolute Gasteiger partial charge is 0.359 e. The molecule has 2 atom stereocenters. The van der Waals surface area contributed by atoms with Gasteiger partial charge in [-0.1, -0.05) is 18.0 Å². The standard InChI is InChI=1S/C17H17FN2O4S/c18-12-7-5-11(6-8-12)15-9-13(24-19-15)10-20-17(21)14-3-1-2-4-16(14)25(20,22)23/h5-9,14,16H,1-4,10H2/t14-,16+/m1/s1. The first-order valence-corrected chi connectivity index (χ1v) is 9.74. The molecule has 0 N–H and O–H groups in total. The van der Waals surface area contributed by atoms with Crippen LogP contribution in [-0.4, -0.2) is 29.0 Å². The summed E-state index contributed by atoms with van der Waals surface area (Å²) in [5.74, 6) is -0.846. The van der Waals surface area contributed by atoms with Gasteiger partial charge in [0.1, 0.15) is 11.5 Å². The number of nitrogens with zero attached hydrogens (tertiary/aromatic N) is 2. The molecule has 2 heterocycles. The van der Waals surface area contributed by atoms with Gasteiger partial charge in [-0.15, -0.1) is 0 Å². The highest BCUT2D eigenvalue weighted by molar-refractivity contribution is 7.90. The average Bonchev–Trinajstić information content (AvgIpc) is 3.14. The summed E-state index contributed by atoms with van der Waals surface area (Å²) < 4.78 is 44.5. The Balaban J connectivity index is 1.58. The Morgan fingerprint density at radius 1 is 1.20 bits per heavy atom. The molecule has 2 aromatic rings. The van der Waals surface area contributed by atoms with Gasteiger partial charge >= 0.3 is 0 Å². The van der Waals surface area contributed by atoms with Gasteiger partial charge in [-0.25, -0.2) is 17.1 Å². The maximum atomic E-state index is 13.0. The van der Waals surface area contributed by atoms with Crippen molar-refractivity contribution in [3.8, 4) is 11.3 Å². The molecule has 0 spiro atoms. The molecule has 0 unspecified atom stereocenters. The molecular formula is C17H17FN2O4S. The number of hydrogen-bond donors (Lipinski definition) is 0. The van der Waals surface area contributed by atoms with Crippen molar-refractivity contribution < 1.29 is 22.1 Å². The van der Waals surface area contributed by atoms with Gasteiger partial charge in [-0.05, 0) is 37.1 Å². The van der Waals surface area contributed by atoms with Crippen molar-refractivity contribution in [2.45, 2.75) is 37.5 Å². The molecule has 1 aliphatic heterocycles. The van der Waals surface area contributed by atoms with Crippen LogP contribution in [0.5, 0.6) is 0 Å². The summed E-state index contributed by atoms with van der Waals surface area (Å²) in [6.07, 6.45) is 2.87. The molecule has 25 heavy (non-hydrogen) atoms. The fourth-order valence-electron chi connectivity index (χ4n) is 3.66. The Kier molecular flexibility index (Phi) is 3.87. The number of carbonyl (C=O) groups excluding carboxylic acids is 1. The molecule has 0 radical (unpaired) electrons. The second-order valence-corrected chi connectivity index (χ2v) is 8.58. The van der Waals surface area contributed by atoms with E-state index in [0.717, 1.165) is 17.1 Å². The number of rotatable bonds is 3. The van der Waals surface area contributed by atoms with E-state index < -0.39 is 21.2 Å². The lowest BCUT2D eigenvalue weighted by atomic mass is 9.88. The van der Waals surface area contributed by atoms with E-state index in [-0.39, 0.29) is 24.0 Å². The molecular weight excluding hydrogens is 347 g/mol. The third-order valence-electron chi connectivity index (χ3n) is 4.95. The minimum absolute atomic E-state index is 0.150. The van der Waals surface area contributed by atoms with Gasteiger partial charge in [0.25, 0.3) is 0 Å². The first-order valence-electron chi connectivity index (χ1n) is 8.24. The van der Waals surface area contributed by atoms with Crippen LogP contribution in [0.15, 0.2) is 34.9 Å². The monoisotopic (exact) mass is 364 g/mol. The SMILES string of the molecule is O=C1[C@@H]2CCCC[C@@H]2S(=O)(=O)N1Cc1cc(-c2ccc(F)cc2)no1. The molecule has 4 rings (SSSR count). The summed E-state index contributed by atoms with van der Waals surface area (Å²) in [4.78, 5) is 12.5. The Bertz CT molecular complexity index is 907. The van der Waals surface area contributed by atoms with Gasteiger partial charge < -0.3 is 4.52 Å². The summed E-state index contributed by atoms with van der Waals surface area (Å²) in [7, 11) is -3.65. The molecule has 0 bridgehead atoms. The Hall–Kier alpha value is -2.22. The first-order chi connectivity index (χ1) is 12.0. The number of aromatic nitrogens is 1. The molecule has 132 valence electrons. The van der Waals surface area contributed by atoms with Crippen LogP contribution in [-0.2, 0) is 21.4 Å². The van der Waals surface area contributed by atoms with Crippen molar-refractivity contribution in [1.82, 2.24) is 9.46 Å². The molecule has 1 aliphatic carbocycles. The number of carbonyl (C=O) groups is 1. The quantitative estimate of drug-likeness (QED) is 0.836.